The maximum Gasteiger partial charge on any atom is 0.257 e. The molecule has 0 fully saturated rings. The van der Waals surface area contributed by atoms with Crippen LogP contribution in [0.1, 0.15) is 33.0 Å². The summed E-state index contributed by atoms with van der Waals surface area (Å²) in [5.41, 5.74) is 4.94. The Morgan fingerprint density at radius 1 is 1.16 bits per heavy atom. The number of aliphatic hydroxyl groups excluding tert-OH is 1. The fraction of sp³-hybridized carbons (Fsp3) is 0.200. The first-order valence-corrected chi connectivity index (χ1v) is 8.16. The summed E-state index contributed by atoms with van der Waals surface area (Å²) in [6.07, 6.45) is 1.77. The monoisotopic (exact) mass is 335 g/mol. The van der Waals surface area contributed by atoms with Crippen molar-refractivity contribution in [3.05, 3.63) is 82.9 Å². The van der Waals surface area contributed by atoms with Gasteiger partial charge < -0.3 is 15.0 Å². The summed E-state index contributed by atoms with van der Waals surface area (Å²) in [6.45, 7) is 4.50. The molecule has 2 N–H and O–H groups in total. The topological polar surface area (TPSA) is 67.2 Å². The zero-order chi connectivity index (χ0) is 17.8. The molecule has 0 atom stereocenters. The lowest BCUT2D eigenvalue weighted by molar-refractivity contribution is 0.102. The molecule has 0 aliphatic carbocycles. The SMILES string of the molecule is Cc1cc(C(=O)Nc2cccc(CO)c2)c(C)n1Cc1ccccn1. The Labute approximate surface area is 147 Å². The van der Waals surface area contributed by atoms with Crippen LogP contribution in [0.15, 0.2) is 54.7 Å². The first-order chi connectivity index (χ1) is 12.1. The van der Waals surface area contributed by atoms with E-state index in [4.69, 9.17) is 0 Å². The van der Waals surface area contributed by atoms with E-state index in [9.17, 15) is 9.90 Å². The van der Waals surface area contributed by atoms with E-state index in [-0.39, 0.29) is 12.5 Å². The van der Waals surface area contributed by atoms with Gasteiger partial charge in [-0.25, -0.2) is 0 Å². The summed E-state index contributed by atoms with van der Waals surface area (Å²) >= 11 is 0. The van der Waals surface area contributed by atoms with Gasteiger partial charge in [0, 0.05) is 23.3 Å². The molecule has 0 aliphatic rings. The third-order valence-corrected chi connectivity index (χ3v) is 4.23. The molecule has 0 unspecified atom stereocenters. The van der Waals surface area contributed by atoms with Gasteiger partial charge in [-0.3, -0.25) is 9.78 Å². The van der Waals surface area contributed by atoms with Crippen LogP contribution in [0.3, 0.4) is 0 Å². The number of pyridine rings is 1. The van der Waals surface area contributed by atoms with Crippen molar-refractivity contribution in [1.82, 2.24) is 9.55 Å². The fourth-order valence-corrected chi connectivity index (χ4v) is 2.87. The van der Waals surface area contributed by atoms with Gasteiger partial charge in [0.05, 0.1) is 24.4 Å². The lowest BCUT2D eigenvalue weighted by Crippen LogP contribution is -2.14. The van der Waals surface area contributed by atoms with Crippen LogP contribution in [-0.2, 0) is 13.2 Å². The number of nitrogens with one attached hydrogen (secondary N) is 1. The van der Waals surface area contributed by atoms with E-state index in [1.165, 1.54) is 0 Å². The minimum absolute atomic E-state index is 0.0533. The van der Waals surface area contributed by atoms with Gasteiger partial charge in [-0.1, -0.05) is 18.2 Å². The molecule has 25 heavy (non-hydrogen) atoms. The first kappa shape index (κ1) is 16.9. The van der Waals surface area contributed by atoms with Crippen molar-refractivity contribution in [2.45, 2.75) is 27.0 Å². The molecular formula is C20H21N3O2. The molecule has 0 spiro atoms. The molecule has 1 amide bonds. The summed E-state index contributed by atoms with van der Waals surface area (Å²) in [6, 6.07) is 14.9. The number of nitrogens with zero attached hydrogens (tertiary/aromatic N) is 2. The Hall–Kier alpha value is -2.92. The predicted octanol–water partition coefficient (Wildman–Crippen LogP) is 3.29. The Morgan fingerprint density at radius 2 is 2.00 bits per heavy atom. The highest BCUT2D eigenvalue weighted by Crippen LogP contribution is 2.19. The summed E-state index contributed by atoms with van der Waals surface area (Å²) in [5.74, 6) is -0.157. The van der Waals surface area contributed by atoms with E-state index in [1.807, 2.05) is 56.3 Å². The van der Waals surface area contributed by atoms with E-state index >= 15 is 0 Å². The van der Waals surface area contributed by atoms with E-state index in [0.29, 0.717) is 17.8 Å². The number of hydrogen-bond acceptors (Lipinski definition) is 3. The third kappa shape index (κ3) is 3.78. The van der Waals surface area contributed by atoms with Crippen molar-refractivity contribution in [1.29, 1.82) is 0 Å². The van der Waals surface area contributed by atoms with Gasteiger partial charge >= 0.3 is 0 Å². The smallest absolute Gasteiger partial charge is 0.257 e. The standard InChI is InChI=1S/C20H21N3O2/c1-14-10-19(15(2)23(14)12-18-7-3-4-9-21-18)20(25)22-17-8-5-6-16(11-17)13-24/h3-11,24H,12-13H2,1-2H3,(H,22,25). The Morgan fingerprint density at radius 3 is 2.72 bits per heavy atom. The van der Waals surface area contributed by atoms with E-state index in [2.05, 4.69) is 14.9 Å². The van der Waals surface area contributed by atoms with E-state index in [1.54, 1.807) is 12.3 Å². The number of rotatable bonds is 5. The summed E-state index contributed by atoms with van der Waals surface area (Å²) < 4.78 is 2.08. The highest BCUT2D eigenvalue weighted by molar-refractivity contribution is 6.05. The van der Waals surface area contributed by atoms with Gasteiger partial charge in [-0.15, -0.1) is 0 Å². The molecule has 0 bridgehead atoms. The van der Waals surface area contributed by atoms with E-state index in [0.717, 1.165) is 22.6 Å². The Balaban J connectivity index is 1.82. The van der Waals surface area contributed by atoms with Gasteiger partial charge in [-0.2, -0.15) is 0 Å². The quantitative estimate of drug-likeness (QED) is 0.752. The zero-order valence-corrected chi connectivity index (χ0v) is 14.4. The van der Waals surface area contributed by atoms with Crippen LogP contribution >= 0.6 is 0 Å². The molecule has 5 heteroatoms. The van der Waals surface area contributed by atoms with Gasteiger partial charge in [-0.05, 0) is 49.7 Å². The van der Waals surface area contributed by atoms with Gasteiger partial charge in [0.15, 0.2) is 0 Å². The van der Waals surface area contributed by atoms with Crippen molar-refractivity contribution in [3.63, 3.8) is 0 Å². The van der Waals surface area contributed by atoms with Gasteiger partial charge in [0.25, 0.3) is 5.91 Å². The molecule has 128 valence electrons. The number of aryl methyl sites for hydroxylation is 1. The van der Waals surface area contributed by atoms with Crippen LogP contribution in [-0.4, -0.2) is 20.6 Å². The average Bonchev–Trinajstić information content (AvgIpc) is 2.91. The second-order valence-corrected chi connectivity index (χ2v) is 6.00. The number of aliphatic hydroxyl groups is 1. The number of carbonyl (C=O) groups is 1. The second-order valence-electron chi connectivity index (χ2n) is 6.00. The average molecular weight is 335 g/mol. The van der Waals surface area contributed by atoms with Crippen LogP contribution in [0.2, 0.25) is 0 Å². The van der Waals surface area contributed by atoms with Crippen LogP contribution < -0.4 is 5.32 Å². The fourth-order valence-electron chi connectivity index (χ4n) is 2.87. The summed E-state index contributed by atoms with van der Waals surface area (Å²) in [5, 5.41) is 12.1. The molecule has 0 saturated heterocycles. The number of benzene rings is 1. The number of aromatic nitrogens is 2. The molecule has 1 aromatic carbocycles. The predicted molar refractivity (Wildman–Crippen MR) is 97.6 cm³/mol. The molecule has 2 aromatic heterocycles. The maximum atomic E-state index is 12.6. The molecule has 3 rings (SSSR count). The maximum absolute atomic E-state index is 12.6. The Bertz CT molecular complexity index is 885. The lowest BCUT2D eigenvalue weighted by atomic mass is 10.2. The van der Waals surface area contributed by atoms with Crippen LogP contribution in [0.5, 0.6) is 0 Å². The third-order valence-electron chi connectivity index (χ3n) is 4.23. The van der Waals surface area contributed by atoms with E-state index < -0.39 is 0 Å². The minimum atomic E-state index is -0.157. The number of hydrogen-bond donors (Lipinski definition) is 2. The molecule has 5 nitrogen and oxygen atoms in total. The molecule has 2 heterocycles. The molecular weight excluding hydrogens is 314 g/mol. The highest BCUT2D eigenvalue weighted by Gasteiger charge is 2.16. The van der Waals surface area contributed by atoms with Crippen LogP contribution in [0.25, 0.3) is 0 Å². The van der Waals surface area contributed by atoms with Crippen LogP contribution in [0, 0.1) is 13.8 Å². The summed E-state index contributed by atoms with van der Waals surface area (Å²) in [4.78, 5) is 17.0. The molecule has 0 aliphatic heterocycles. The molecule has 3 aromatic rings. The van der Waals surface area contributed by atoms with Crippen molar-refractivity contribution in [3.8, 4) is 0 Å². The molecule has 0 radical (unpaired) electrons. The second kappa shape index (κ2) is 7.32. The molecule has 0 saturated carbocycles. The first-order valence-electron chi connectivity index (χ1n) is 8.16. The van der Waals surface area contributed by atoms with Crippen molar-refractivity contribution < 1.29 is 9.90 Å². The van der Waals surface area contributed by atoms with Crippen molar-refractivity contribution in [2.24, 2.45) is 0 Å². The normalized spacial score (nSPS) is 10.7. The lowest BCUT2D eigenvalue weighted by Gasteiger charge is -2.10. The highest BCUT2D eigenvalue weighted by atomic mass is 16.3. The minimum Gasteiger partial charge on any atom is -0.392 e. The zero-order valence-electron chi connectivity index (χ0n) is 14.4. The van der Waals surface area contributed by atoms with Gasteiger partial charge in [0.1, 0.15) is 0 Å². The number of anilines is 1. The number of amides is 1. The van der Waals surface area contributed by atoms with Crippen molar-refractivity contribution >= 4 is 11.6 Å². The Kier molecular flexibility index (Phi) is 4.95. The van der Waals surface area contributed by atoms with Gasteiger partial charge in [0.2, 0.25) is 0 Å². The summed E-state index contributed by atoms with van der Waals surface area (Å²) in [7, 11) is 0. The van der Waals surface area contributed by atoms with Crippen molar-refractivity contribution in [2.75, 3.05) is 5.32 Å². The number of carbonyl (C=O) groups excluding carboxylic acids is 1. The van der Waals surface area contributed by atoms with Crippen LogP contribution in [0.4, 0.5) is 5.69 Å². The largest absolute Gasteiger partial charge is 0.392 e.